The van der Waals surface area contributed by atoms with Gasteiger partial charge >= 0.3 is 0 Å². The van der Waals surface area contributed by atoms with E-state index in [1.165, 1.54) is 35.6 Å². The highest BCUT2D eigenvalue weighted by atomic mass is 35.5. The van der Waals surface area contributed by atoms with Gasteiger partial charge in [-0.05, 0) is 73.2 Å². The molecular weight excluding hydrogens is 472 g/mol. The highest BCUT2D eigenvalue weighted by Gasteiger charge is 2.21. The predicted molar refractivity (Wildman–Crippen MR) is 133 cm³/mol. The topological polar surface area (TPSA) is 84.3 Å². The summed E-state index contributed by atoms with van der Waals surface area (Å²) in [5, 5.41) is 3.35. The molecule has 7 nitrogen and oxygen atoms in total. The summed E-state index contributed by atoms with van der Waals surface area (Å²) in [6.07, 6.45) is 3.65. The van der Waals surface area contributed by atoms with E-state index in [1.54, 1.807) is 30.5 Å². The molecule has 0 radical (unpaired) electrons. The number of nitrogens with one attached hydrogen (secondary N) is 1. The number of hydrogen-bond donors (Lipinski definition) is 1. The van der Waals surface area contributed by atoms with Gasteiger partial charge in [0.1, 0.15) is 5.82 Å². The Morgan fingerprint density at radius 1 is 1.00 bits per heavy atom. The van der Waals surface area contributed by atoms with Gasteiger partial charge in [-0.15, -0.1) is 0 Å². The van der Waals surface area contributed by atoms with Crippen LogP contribution in [0.3, 0.4) is 0 Å². The maximum atomic E-state index is 12.8. The zero-order chi connectivity index (χ0) is 24.3. The third kappa shape index (κ3) is 4.98. The fourth-order valence-electron chi connectivity index (χ4n) is 3.44. The highest BCUT2D eigenvalue weighted by Crippen LogP contribution is 2.23. The number of rotatable bonds is 7. The van der Waals surface area contributed by atoms with Crippen LogP contribution in [0.2, 0.25) is 5.02 Å². The molecular formula is C25H23ClN4O3S. The average Bonchev–Trinajstić information content (AvgIpc) is 3.28. The Morgan fingerprint density at radius 2 is 1.65 bits per heavy atom. The number of aryl methyl sites for hydroxylation is 1. The van der Waals surface area contributed by atoms with Crippen LogP contribution >= 0.6 is 11.6 Å². The molecule has 0 bridgehead atoms. The number of aromatic nitrogens is 2. The van der Waals surface area contributed by atoms with Crippen LogP contribution in [0.1, 0.15) is 21.7 Å². The fourth-order valence-corrected chi connectivity index (χ4v) is 4.76. The maximum absolute atomic E-state index is 12.8. The summed E-state index contributed by atoms with van der Waals surface area (Å²) in [4.78, 5) is 16.9. The van der Waals surface area contributed by atoms with Gasteiger partial charge in [0, 0.05) is 42.3 Å². The van der Waals surface area contributed by atoms with Gasteiger partial charge in [-0.3, -0.25) is 9.10 Å². The quantitative estimate of drug-likeness (QED) is 0.407. The third-order valence-corrected chi connectivity index (χ3v) is 7.51. The van der Waals surface area contributed by atoms with Crippen molar-refractivity contribution < 1.29 is 13.2 Å². The van der Waals surface area contributed by atoms with E-state index in [1.807, 2.05) is 42.0 Å². The molecule has 174 valence electrons. The standard InChI is InChI=1S/C25H23ClN4O3S/c1-18-27-15-16-30(18)23-9-3-19(4-10-23)17-28-25(31)20-5-11-22(12-6-20)29(2)34(32,33)24-13-7-21(26)8-14-24/h3-16H,17H2,1-2H3,(H,28,31). The predicted octanol–water partition coefficient (Wildman–Crippen LogP) is 4.59. The van der Waals surface area contributed by atoms with Crippen molar-refractivity contribution in [2.45, 2.75) is 18.4 Å². The fraction of sp³-hybridized carbons (Fsp3) is 0.120. The van der Waals surface area contributed by atoms with Crippen molar-refractivity contribution in [3.63, 3.8) is 0 Å². The van der Waals surface area contributed by atoms with Crippen molar-refractivity contribution in [3.05, 3.63) is 107 Å². The minimum absolute atomic E-state index is 0.135. The van der Waals surface area contributed by atoms with Crippen LogP contribution in [0, 0.1) is 6.92 Å². The molecule has 9 heteroatoms. The molecule has 1 N–H and O–H groups in total. The summed E-state index contributed by atoms with van der Waals surface area (Å²) in [6, 6.07) is 20.2. The van der Waals surface area contributed by atoms with Crippen LogP contribution < -0.4 is 9.62 Å². The largest absolute Gasteiger partial charge is 0.348 e. The summed E-state index contributed by atoms with van der Waals surface area (Å²) in [5.74, 6) is 0.653. The second kappa shape index (κ2) is 9.70. The van der Waals surface area contributed by atoms with Crippen molar-refractivity contribution in [1.29, 1.82) is 0 Å². The van der Waals surface area contributed by atoms with E-state index < -0.39 is 10.0 Å². The second-order valence-corrected chi connectivity index (χ2v) is 10.1. The molecule has 0 atom stereocenters. The average molecular weight is 495 g/mol. The highest BCUT2D eigenvalue weighted by molar-refractivity contribution is 7.92. The van der Waals surface area contributed by atoms with Gasteiger partial charge in [0.15, 0.2) is 0 Å². The first kappa shape index (κ1) is 23.5. The number of carbonyl (C=O) groups excluding carboxylic acids is 1. The van der Waals surface area contributed by atoms with Crippen LogP contribution in [-0.4, -0.2) is 30.9 Å². The van der Waals surface area contributed by atoms with Gasteiger partial charge in [0.2, 0.25) is 0 Å². The zero-order valence-electron chi connectivity index (χ0n) is 18.6. The van der Waals surface area contributed by atoms with E-state index in [0.29, 0.717) is 22.8 Å². The molecule has 34 heavy (non-hydrogen) atoms. The Balaban J connectivity index is 1.39. The molecule has 1 aromatic heterocycles. The Labute approximate surface area is 203 Å². The molecule has 0 unspecified atom stereocenters. The first-order valence-corrected chi connectivity index (χ1v) is 12.3. The smallest absolute Gasteiger partial charge is 0.264 e. The molecule has 3 aromatic carbocycles. The molecule has 0 fully saturated rings. The molecule has 0 saturated carbocycles. The summed E-state index contributed by atoms with van der Waals surface area (Å²) in [7, 11) is -2.28. The third-order valence-electron chi connectivity index (χ3n) is 5.46. The Kier molecular flexibility index (Phi) is 6.72. The zero-order valence-corrected chi connectivity index (χ0v) is 20.2. The molecule has 0 spiro atoms. The van der Waals surface area contributed by atoms with Crippen LogP contribution in [0.25, 0.3) is 5.69 Å². The number of benzene rings is 3. The van der Waals surface area contributed by atoms with Gasteiger partial charge in [0.05, 0.1) is 10.6 Å². The minimum atomic E-state index is -3.74. The van der Waals surface area contributed by atoms with E-state index >= 15 is 0 Å². The normalized spacial score (nSPS) is 11.3. The van der Waals surface area contributed by atoms with Crippen LogP contribution in [0.5, 0.6) is 0 Å². The van der Waals surface area contributed by atoms with E-state index in [2.05, 4.69) is 10.3 Å². The Bertz CT molecular complexity index is 1400. The number of nitrogens with zero attached hydrogens (tertiary/aromatic N) is 3. The molecule has 0 aliphatic carbocycles. The Hall–Kier alpha value is -3.62. The number of hydrogen-bond acceptors (Lipinski definition) is 4. The van der Waals surface area contributed by atoms with E-state index in [0.717, 1.165) is 17.1 Å². The van der Waals surface area contributed by atoms with Crippen molar-refractivity contribution in [2.24, 2.45) is 0 Å². The van der Waals surface area contributed by atoms with Crippen molar-refractivity contribution in [2.75, 3.05) is 11.4 Å². The molecule has 4 aromatic rings. The first-order valence-electron chi connectivity index (χ1n) is 10.5. The van der Waals surface area contributed by atoms with Crippen LogP contribution in [0.4, 0.5) is 5.69 Å². The van der Waals surface area contributed by atoms with Gasteiger partial charge in [-0.25, -0.2) is 13.4 Å². The molecule has 0 saturated heterocycles. The number of imidazole rings is 1. The van der Waals surface area contributed by atoms with Crippen molar-refractivity contribution >= 4 is 33.2 Å². The van der Waals surface area contributed by atoms with Gasteiger partial charge in [0.25, 0.3) is 15.9 Å². The van der Waals surface area contributed by atoms with Gasteiger partial charge in [-0.2, -0.15) is 0 Å². The molecule has 1 amide bonds. The lowest BCUT2D eigenvalue weighted by Gasteiger charge is -2.20. The van der Waals surface area contributed by atoms with E-state index in [4.69, 9.17) is 11.6 Å². The first-order chi connectivity index (χ1) is 16.3. The van der Waals surface area contributed by atoms with E-state index in [9.17, 15) is 13.2 Å². The lowest BCUT2D eigenvalue weighted by molar-refractivity contribution is 0.0951. The second-order valence-electron chi connectivity index (χ2n) is 7.67. The number of anilines is 1. The molecule has 4 rings (SSSR count). The lowest BCUT2D eigenvalue weighted by atomic mass is 10.1. The number of amides is 1. The summed E-state index contributed by atoms with van der Waals surface area (Å²) in [6.45, 7) is 2.30. The number of halogens is 1. The molecule has 0 aliphatic heterocycles. The van der Waals surface area contributed by atoms with E-state index in [-0.39, 0.29) is 10.8 Å². The SMILES string of the molecule is Cc1nccn1-c1ccc(CNC(=O)c2ccc(N(C)S(=O)(=O)c3ccc(Cl)cc3)cc2)cc1. The number of carbonyl (C=O) groups is 1. The molecule has 1 heterocycles. The minimum Gasteiger partial charge on any atom is -0.348 e. The van der Waals surface area contributed by atoms with Crippen molar-refractivity contribution in [1.82, 2.24) is 14.9 Å². The maximum Gasteiger partial charge on any atom is 0.264 e. The monoisotopic (exact) mass is 494 g/mol. The Morgan fingerprint density at radius 3 is 2.24 bits per heavy atom. The summed E-state index contributed by atoms with van der Waals surface area (Å²) < 4.78 is 28.8. The lowest BCUT2D eigenvalue weighted by Crippen LogP contribution is -2.27. The van der Waals surface area contributed by atoms with Gasteiger partial charge < -0.3 is 9.88 Å². The van der Waals surface area contributed by atoms with Crippen molar-refractivity contribution in [3.8, 4) is 5.69 Å². The number of sulfonamides is 1. The van der Waals surface area contributed by atoms with Crippen LogP contribution in [0.15, 0.2) is 90.1 Å². The van der Waals surface area contributed by atoms with Gasteiger partial charge in [-0.1, -0.05) is 23.7 Å². The summed E-state index contributed by atoms with van der Waals surface area (Å²) >= 11 is 5.85. The van der Waals surface area contributed by atoms with Crippen LogP contribution in [-0.2, 0) is 16.6 Å². The molecule has 0 aliphatic rings. The summed E-state index contributed by atoms with van der Waals surface area (Å²) in [5.41, 5.74) is 2.84.